The van der Waals surface area contributed by atoms with E-state index in [0.29, 0.717) is 12.1 Å². The van der Waals surface area contributed by atoms with Crippen molar-refractivity contribution in [2.75, 3.05) is 6.54 Å². The number of hydrogen-bond acceptors (Lipinski definition) is 2. The summed E-state index contributed by atoms with van der Waals surface area (Å²) >= 11 is 5.77. The Balaban J connectivity index is 2.06. The highest BCUT2D eigenvalue weighted by Crippen LogP contribution is 2.15. The lowest BCUT2D eigenvalue weighted by atomic mass is 10.1. The van der Waals surface area contributed by atoms with Crippen LogP contribution in [0.5, 0.6) is 0 Å². The van der Waals surface area contributed by atoms with Gasteiger partial charge in [0.05, 0.1) is 5.56 Å². The zero-order valence-electron chi connectivity index (χ0n) is 12.5. The molecular formula is C17H16ClFN2O2. The molecule has 0 spiro atoms. The van der Waals surface area contributed by atoms with Gasteiger partial charge in [-0.2, -0.15) is 0 Å². The van der Waals surface area contributed by atoms with Crippen LogP contribution in [0.2, 0.25) is 5.02 Å². The average Bonchev–Trinajstić information content (AvgIpc) is 2.55. The molecule has 0 heterocycles. The Morgan fingerprint density at radius 3 is 2.61 bits per heavy atom. The van der Waals surface area contributed by atoms with Crippen molar-refractivity contribution in [2.45, 2.75) is 13.5 Å². The Hall–Kier alpha value is -2.40. The zero-order chi connectivity index (χ0) is 16.8. The van der Waals surface area contributed by atoms with Crippen LogP contribution in [0.3, 0.4) is 0 Å². The summed E-state index contributed by atoms with van der Waals surface area (Å²) in [5, 5.41) is 5.60. The van der Waals surface area contributed by atoms with Gasteiger partial charge in [0.15, 0.2) is 0 Å². The Labute approximate surface area is 138 Å². The first kappa shape index (κ1) is 17.0. The molecule has 2 N–H and O–H groups in total. The van der Waals surface area contributed by atoms with Crippen LogP contribution in [0.15, 0.2) is 42.5 Å². The highest BCUT2D eigenvalue weighted by molar-refractivity contribution is 6.31. The van der Waals surface area contributed by atoms with Crippen molar-refractivity contribution in [3.63, 3.8) is 0 Å². The predicted octanol–water partition coefficient (Wildman–Crippen LogP) is 3.16. The fourth-order valence-electron chi connectivity index (χ4n) is 2.03. The van der Waals surface area contributed by atoms with Crippen molar-refractivity contribution in [3.05, 3.63) is 70.0 Å². The summed E-state index contributed by atoms with van der Waals surface area (Å²) in [7, 11) is 0. The molecule has 23 heavy (non-hydrogen) atoms. The third-order valence-electron chi connectivity index (χ3n) is 3.15. The lowest BCUT2D eigenvalue weighted by Gasteiger charge is -2.08. The molecule has 0 aliphatic carbocycles. The van der Waals surface area contributed by atoms with E-state index in [-0.39, 0.29) is 23.0 Å². The summed E-state index contributed by atoms with van der Waals surface area (Å²) in [5.74, 6) is -1.38. The van der Waals surface area contributed by atoms with E-state index in [2.05, 4.69) is 10.6 Å². The number of rotatable bonds is 5. The Bertz CT molecular complexity index is 734. The molecule has 0 radical (unpaired) electrons. The maximum Gasteiger partial charge on any atom is 0.254 e. The largest absolute Gasteiger partial charge is 0.352 e. The molecule has 0 bridgehead atoms. The second kappa shape index (κ2) is 7.74. The molecule has 6 heteroatoms. The topological polar surface area (TPSA) is 58.2 Å². The van der Waals surface area contributed by atoms with E-state index in [9.17, 15) is 14.0 Å². The molecule has 0 atom stereocenters. The molecule has 0 fully saturated rings. The monoisotopic (exact) mass is 334 g/mol. The summed E-state index contributed by atoms with van der Waals surface area (Å²) in [4.78, 5) is 23.8. The molecule has 0 unspecified atom stereocenters. The Morgan fingerprint density at radius 1 is 1.09 bits per heavy atom. The van der Waals surface area contributed by atoms with Gasteiger partial charge in [-0.25, -0.2) is 4.39 Å². The third kappa shape index (κ3) is 4.53. The molecule has 0 saturated heterocycles. The van der Waals surface area contributed by atoms with E-state index in [0.717, 1.165) is 11.6 Å². The van der Waals surface area contributed by atoms with Crippen LogP contribution >= 0.6 is 11.6 Å². The van der Waals surface area contributed by atoms with E-state index in [1.54, 1.807) is 24.3 Å². The SMILES string of the molecule is CCNC(=O)c1cccc(CNC(=O)c2cc(Cl)ccc2F)c1. The first-order valence-electron chi connectivity index (χ1n) is 7.11. The summed E-state index contributed by atoms with van der Waals surface area (Å²) in [6.07, 6.45) is 0. The normalized spacial score (nSPS) is 10.2. The van der Waals surface area contributed by atoms with Crippen LogP contribution in [-0.4, -0.2) is 18.4 Å². The van der Waals surface area contributed by atoms with Crippen LogP contribution in [-0.2, 0) is 6.54 Å². The molecule has 2 amide bonds. The van der Waals surface area contributed by atoms with E-state index in [1.807, 2.05) is 6.92 Å². The van der Waals surface area contributed by atoms with Crippen molar-refractivity contribution in [2.24, 2.45) is 0 Å². The molecule has 2 rings (SSSR count). The van der Waals surface area contributed by atoms with Crippen molar-refractivity contribution >= 4 is 23.4 Å². The van der Waals surface area contributed by atoms with Crippen molar-refractivity contribution in [1.82, 2.24) is 10.6 Å². The highest BCUT2D eigenvalue weighted by Gasteiger charge is 2.12. The zero-order valence-corrected chi connectivity index (χ0v) is 13.3. The van der Waals surface area contributed by atoms with Gasteiger partial charge in [-0.05, 0) is 42.8 Å². The van der Waals surface area contributed by atoms with E-state index in [1.165, 1.54) is 12.1 Å². The smallest absolute Gasteiger partial charge is 0.254 e. The molecule has 0 saturated carbocycles. The first-order valence-corrected chi connectivity index (χ1v) is 7.49. The molecule has 0 aromatic heterocycles. The molecule has 0 aliphatic heterocycles. The van der Waals surface area contributed by atoms with E-state index < -0.39 is 11.7 Å². The van der Waals surface area contributed by atoms with Gasteiger partial charge in [0.25, 0.3) is 11.8 Å². The average molecular weight is 335 g/mol. The minimum atomic E-state index is -0.636. The standard InChI is InChI=1S/C17H16ClFN2O2/c1-2-20-16(22)12-5-3-4-11(8-12)10-21-17(23)14-9-13(18)6-7-15(14)19/h3-9H,2,10H2,1H3,(H,20,22)(H,21,23). The summed E-state index contributed by atoms with van der Waals surface area (Å²) in [6, 6.07) is 10.7. The molecule has 120 valence electrons. The lowest BCUT2D eigenvalue weighted by Crippen LogP contribution is -2.25. The number of amides is 2. The van der Waals surface area contributed by atoms with Crippen molar-refractivity contribution < 1.29 is 14.0 Å². The van der Waals surface area contributed by atoms with E-state index >= 15 is 0 Å². The van der Waals surface area contributed by atoms with Gasteiger partial charge in [-0.15, -0.1) is 0 Å². The number of benzene rings is 2. The van der Waals surface area contributed by atoms with Crippen LogP contribution in [0.25, 0.3) is 0 Å². The predicted molar refractivity (Wildman–Crippen MR) is 87.0 cm³/mol. The van der Waals surface area contributed by atoms with Gasteiger partial charge in [0.1, 0.15) is 5.82 Å². The first-order chi connectivity index (χ1) is 11.0. The van der Waals surface area contributed by atoms with Gasteiger partial charge in [0, 0.05) is 23.7 Å². The number of carbonyl (C=O) groups excluding carboxylic acids is 2. The maximum absolute atomic E-state index is 13.6. The van der Waals surface area contributed by atoms with Crippen LogP contribution < -0.4 is 10.6 Å². The second-order valence-corrected chi connectivity index (χ2v) is 5.30. The fourth-order valence-corrected chi connectivity index (χ4v) is 2.21. The van der Waals surface area contributed by atoms with E-state index in [4.69, 9.17) is 11.6 Å². The molecule has 2 aromatic rings. The van der Waals surface area contributed by atoms with Crippen LogP contribution in [0, 0.1) is 5.82 Å². The van der Waals surface area contributed by atoms with Crippen molar-refractivity contribution in [3.8, 4) is 0 Å². The van der Waals surface area contributed by atoms with Crippen LogP contribution in [0.4, 0.5) is 4.39 Å². The summed E-state index contributed by atoms with van der Waals surface area (Å²) < 4.78 is 13.6. The minimum Gasteiger partial charge on any atom is -0.352 e. The number of halogens is 2. The van der Waals surface area contributed by atoms with Gasteiger partial charge < -0.3 is 10.6 Å². The van der Waals surface area contributed by atoms with Crippen molar-refractivity contribution in [1.29, 1.82) is 0 Å². The summed E-state index contributed by atoms with van der Waals surface area (Å²) in [6.45, 7) is 2.55. The van der Waals surface area contributed by atoms with Crippen LogP contribution in [0.1, 0.15) is 33.2 Å². The lowest BCUT2D eigenvalue weighted by molar-refractivity contribution is 0.0944. The minimum absolute atomic E-state index is 0.114. The second-order valence-electron chi connectivity index (χ2n) is 4.87. The molecule has 2 aromatic carbocycles. The van der Waals surface area contributed by atoms with Gasteiger partial charge in [-0.3, -0.25) is 9.59 Å². The summed E-state index contributed by atoms with van der Waals surface area (Å²) in [5.41, 5.74) is 1.13. The number of carbonyl (C=O) groups is 2. The Morgan fingerprint density at radius 2 is 1.87 bits per heavy atom. The Kier molecular flexibility index (Phi) is 5.71. The quantitative estimate of drug-likeness (QED) is 0.882. The molecular weight excluding hydrogens is 319 g/mol. The third-order valence-corrected chi connectivity index (χ3v) is 3.39. The number of hydrogen-bond donors (Lipinski definition) is 2. The molecule has 0 aliphatic rings. The van der Waals surface area contributed by atoms with Gasteiger partial charge in [0.2, 0.25) is 0 Å². The highest BCUT2D eigenvalue weighted by atomic mass is 35.5. The maximum atomic E-state index is 13.6. The molecule has 4 nitrogen and oxygen atoms in total. The van der Waals surface area contributed by atoms with Gasteiger partial charge >= 0.3 is 0 Å². The van der Waals surface area contributed by atoms with Gasteiger partial charge in [-0.1, -0.05) is 23.7 Å². The fraction of sp³-hybridized carbons (Fsp3) is 0.176. The number of nitrogens with one attached hydrogen (secondary N) is 2.